The minimum absolute atomic E-state index is 0.0551. The molecule has 0 radical (unpaired) electrons. The van der Waals surface area contributed by atoms with E-state index in [1.807, 2.05) is 0 Å². The van der Waals surface area contributed by atoms with Crippen molar-refractivity contribution >= 4 is 49.7 Å². The van der Waals surface area contributed by atoms with Crippen LogP contribution in [-0.4, -0.2) is 38.3 Å². The molecular formula is C20H20F2N4O3S2. The Balaban J connectivity index is 1.75. The Morgan fingerprint density at radius 1 is 1.19 bits per heavy atom. The van der Waals surface area contributed by atoms with E-state index in [-0.39, 0.29) is 41.3 Å². The molecule has 0 atom stereocenters. The van der Waals surface area contributed by atoms with E-state index < -0.39 is 21.9 Å². The predicted octanol–water partition coefficient (Wildman–Crippen LogP) is 3.82. The normalized spacial score (nSPS) is 16.8. The van der Waals surface area contributed by atoms with Gasteiger partial charge in [-0.15, -0.1) is 11.3 Å². The Morgan fingerprint density at radius 2 is 1.97 bits per heavy atom. The molecule has 1 amide bonds. The topological polar surface area (TPSA) is 105 Å². The number of amides is 1. The third-order valence-electron chi connectivity index (χ3n) is 5.10. The molecule has 0 aliphatic carbocycles. The first-order valence-corrected chi connectivity index (χ1v) is 12.0. The van der Waals surface area contributed by atoms with E-state index in [9.17, 15) is 22.0 Å². The lowest BCUT2D eigenvalue weighted by Gasteiger charge is -2.24. The van der Waals surface area contributed by atoms with Crippen molar-refractivity contribution in [3.8, 4) is 0 Å². The van der Waals surface area contributed by atoms with Gasteiger partial charge in [-0.25, -0.2) is 27.3 Å². The number of alkyl halides is 2. The molecule has 0 unspecified atom stereocenters. The number of pyridine rings is 1. The number of aromatic nitrogens is 1. The molecule has 0 spiro atoms. The van der Waals surface area contributed by atoms with Crippen LogP contribution < -0.4 is 15.4 Å². The summed E-state index contributed by atoms with van der Waals surface area (Å²) >= 11 is 0.894. The van der Waals surface area contributed by atoms with Gasteiger partial charge >= 0.3 is 0 Å². The Bertz CT molecular complexity index is 1240. The Morgan fingerprint density at radius 3 is 2.74 bits per heavy atom. The maximum Gasteiger partial charge on any atom is 0.259 e. The van der Waals surface area contributed by atoms with Gasteiger partial charge in [0.15, 0.2) is 4.21 Å². The highest BCUT2D eigenvalue weighted by atomic mass is 32.2. The van der Waals surface area contributed by atoms with Crippen molar-refractivity contribution in [1.29, 1.82) is 0 Å². The van der Waals surface area contributed by atoms with E-state index in [1.165, 1.54) is 11.4 Å². The van der Waals surface area contributed by atoms with Gasteiger partial charge in [0.25, 0.3) is 5.91 Å². The fraction of sp³-hybridized carbons (Fsp3) is 0.300. The summed E-state index contributed by atoms with van der Waals surface area (Å²) in [5.74, 6) is -3.05. The molecule has 2 aromatic heterocycles. The van der Waals surface area contributed by atoms with Crippen LogP contribution in [-0.2, 0) is 10.0 Å². The first-order chi connectivity index (χ1) is 14.6. The molecule has 1 fully saturated rings. The summed E-state index contributed by atoms with van der Waals surface area (Å²) in [5.41, 5.74) is 0.875. The first-order valence-electron chi connectivity index (χ1n) is 9.58. The van der Waals surface area contributed by atoms with E-state index in [1.54, 1.807) is 35.2 Å². The van der Waals surface area contributed by atoms with Gasteiger partial charge < -0.3 is 10.2 Å². The SMILES string of the molecule is NS(=O)(=O)c1sccc1NC(=O)c1cc2ccccc2nc1N1CCCC(F)(F)CC1. The minimum atomic E-state index is -4.01. The number of hydrogen-bond donors (Lipinski definition) is 2. The van der Waals surface area contributed by atoms with Crippen molar-refractivity contribution < 1.29 is 22.0 Å². The number of halogens is 2. The monoisotopic (exact) mass is 466 g/mol. The number of rotatable bonds is 4. The van der Waals surface area contributed by atoms with Gasteiger partial charge in [-0.3, -0.25) is 4.79 Å². The van der Waals surface area contributed by atoms with Gasteiger partial charge in [-0.05, 0) is 30.0 Å². The van der Waals surface area contributed by atoms with Crippen LogP contribution in [0.3, 0.4) is 0 Å². The second-order valence-corrected chi connectivity index (χ2v) is 10.0. The Hall–Kier alpha value is -2.63. The van der Waals surface area contributed by atoms with E-state index in [2.05, 4.69) is 10.3 Å². The standard InChI is InChI=1S/C20H20F2N4O3S2/c21-20(22)7-3-9-26(10-8-20)17-14(12-13-4-1-2-5-15(13)24-17)18(27)25-16-6-11-30-19(16)31(23,28)29/h1-2,4-6,11-12H,3,7-10H2,(H,25,27)(H2,23,28,29). The zero-order chi connectivity index (χ0) is 22.2. The van der Waals surface area contributed by atoms with Crippen LogP contribution in [0.25, 0.3) is 10.9 Å². The van der Waals surface area contributed by atoms with Crippen molar-refractivity contribution in [2.75, 3.05) is 23.3 Å². The molecule has 31 heavy (non-hydrogen) atoms. The summed E-state index contributed by atoms with van der Waals surface area (Å²) in [6.07, 6.45) is -0.281. The smallest absolute Gasteiger partial charge is 0.259 e. The lowest BCUT2D eigenvalue weighted by Crippen LogP contribution is -2.29. The number of carbonyl (C=O) groups excluding carboxylic acids is 1. The van der Waals surface area contributed by atoms with Crippen LogP contribution in [0.5, 0.6) is 0 Å². The highest BCUT2D eigenvalue weighted by Gasteiger charge is 2.33. The molecule has 1 aliphatic rings. The van der Waals surface area contributed by atoms with Crippen molar-refractivity contribution in [2.24, 2.45) is 5.14 Å². The van der Waals surface area contributed by atoms with Crippen molar-refractivity contribution in [2.45, 2.75) is 29.4 Å². The fourth-order valence-corrected chi connectivity index (χ4v) is 5.29. The van der Waals surface area contributed by atoms with Crippen molar-refractivity contribution in [3.63, 3.8) is 0 Å². The van der Waals surface area contributed by atoms with E-state index in [4.69, 9.17) is 5.14 Å². The van der Waals surface area contributed by atoms with Gasteiger partial charge in [-0.1, -0.05) is 18.2 Å². The molecule has 0 bridgehead atoms. The molecule has 3 aromatic rings. The molecule has 1 aliphatic heterocycles. The Kier molecular flexibility index (Phi) is 5.67. The number of fused-ring (bicyclic) bond motifs is 1. The number of benzene rings is 1. The zero-order valence-electron chi connectivity index (χ0n) is 16.3. The van der Waals surface area contributed by atoms with Crippen LogP contribution in [0.15, 0.2) is 46.0 Å². The summed E-state index contributed by atoms with van der Waals surface area (Å²) in [7, 11) is -4.01. The third-order valence-corrected chi connectivity index (χ3v) is 7.53. The fourth-order valence-electron chi connectivity index (χ4n) is 3.59. The third kappa shape index (κ3) is 4.68. The van der Waals surface area contributed by atoms with Gasteiger partial charge in [-0.2, -0.15) is 0 Å². The molecule has 11 heteroatoms. The molecule has 0 saturated carbocycles. The number of thiophene rings is 1. The van der Waals surface area contributed by atoms with E-state index >= 15 is 0 Å². The highest BCUT2D eigenvalue weighted by molar-refractivity contribution is 7.91. The van der Waals surface area contributed by atoms with E-state index in [0.717, 1.165) is 11.3 Å². The number of para-hydroxylation sites is 1. The van der Waals surface area contributed by atoms with Gasteiger partial charge in [0.2, 0.25) is 15.9 Å². The second kappa shape index (κ2) is 8.13. The van der Waals surface area contributed by atoms with Crippen molar-refractivity contribution in [1.82, 2.24) is 4.98 Å². The van der Waals surface area contributed by atoms with Crippen LogP contribution >= 0.6 is 11.3 Å². The Labute approximate surface area is 181 Å². The number of hydrogen-bond acceptors (Lipinski definition) is 6. The molecular weight excluding hydrogens is 446 g/mol. The number of anilines is 2. The summed E-state index contributed by atoms with van der Waals surface area (Å²) < 4.78 is 51.1. The number of nitrogens with zero attached hydrogens (tertiary/aromatic N) is 2. The summed E-state index contributed by atoms with van der Waals surface area (Å²) in [5, 5.41) is 10.0. The summed E-state index contributed by atoms with van der Waals surface area (Å²) in [6, 6.07) is 10.3. The largest absolute Gasteiger partial charge is 0.356 e. The second-order valence-electron chi connectivity index (χ2n) is 7.37. The number of carbonyl (C=O) groups is 1. The maximum absolute atomic E-state index is 13.9. The average molecular weight is 467 g/mol. The van der Waals surface area contributed by atoms with Crippen LogP contribution in [0.2, 0.25) is 0 Å². The molecule has 7 nitrogen and oxygen atoms in total. The summed E-state index contributed by atoms with van der Waals surface area (Å²) in [6.45, 7) is 0.390. The van der Waals surface area contributed by atoms with Crippen LogP contribution in [0.4, 0.5) is 20.3 Å². The van der Waals surface area contributed by atoms with Crippen LogP contribution in [0.1, 0.15) is 29.6 Å². The zero-order valence-corrected chi connectivity index (χ0v) is 18.0. The van der Waals surface area contributed by atoms with Gasteiger partial charge in [0.05, 0.1) is 16.8 Å². The average Bonchev–Trinajstić information content (AvgIpc) is 3.10. The molecule has 3 N–H and O–H groups in total. The molecule has 1 saturated heterocycles. The lowest BCUT2D eigenvalue weighted by atomic mass is 10.1. The quantitative estimate of drug-likeness (QED) is 0.608. The first kappa shape index (κ1) is 21.6. The van der Waals surface area contributed by atoms with E-state index in [0.29, 0.717) is 23.3 Å². The minimum Gasteiger partial charge on any atom is -0.356 e. The molecule has 1 aromatic carbocycles. The number of sulfonamides is 1. The summed E-state index contributed by atoms with van der Waals surface area (Å²) in [4.78, 5) is 19.4. The van der Waals surface area contributed by atoms with Crippen molar-refractivity contribution in [3.05, 3.63) is 47.3 Å². The van der Waals surface area contributed by atoms with Gasteiger partial charge in [0, 0.05) is 31.3 Å². The molecule has 4 rings (SSSR count). The maximum atomic E-state index is 13.9. The van der Waals surface area contributed by atoms with Gasteiger partial charge in [0.1, 0.15) is 5.82 Å². The number of nitrogens with one attached hydrogen (secondary N) is 1. The number of primary sulfonamides is 1. The molecule has 3 heterocycles. The van der Waals surface area contributed by atoms with Crippen LogP contribution in [0, 0.1) is 0 Å². The number of nitrogens with two attached hydrogens (primary N) is 1. The molecule has 164 valence electrons. The highest BCUT2D eigenvalue weighted by Crippen LogP contribution is 2.33. The predicted molar refractivity (Wildman–Crippen MR) is 116 cm³/mol. The lowest BCUT2D eigenvalue weighted by molar-refractivity contribution is -0.0102.